The first-order valence-corrected chi connectivity index (χ1v) is 6.10. The fraction of sp³-hybridized carbons (Fsp3) is 0.667. The smallest absolute Gasteiger partial charge is 0.144 e. The van der Waals surface area contributed by atoms with Crippen molar-refractivity contribution in [3.8, 4) is 0 Å². The number of rotatable bonds is 4. The maximum atomic E-state index is 5.54. The molecule has 0 bridgehead atoms. The van der Waals surface area contributed by atoms with Crippen molar-refractivity contribution in [2.75, 3.05) is 31.7 Å². The second kappa shape index (κ2) is 5.93. The molecule has 2 heterocycles. The summed E-state index contributed by atoms with van der Waals surface area (Å²) in [6.07, 6.45) is 4.04. The predicted molar refractivity (Wildman–Crippen MR) is 66.7 cm³/mol. The van der Waals surface area contributed by atoms with Crippen LogP contribution in [0.25, 0.3) is 0 Å². The number of anilines is 1. The molecule has 0 spiro atoms. The fourth-order valence-electron chi connectivity index (χ4n) is 2.11. The lowest BCUT2D eigenvalue weighted by Crippen LogP contribution is -2.30. The zero-order valence-corrected chi connectivity index (χ0v) is 10.3. The summed E-state index contributed by atoms with van der Waals surface area (Å²) in [4.78, 5) is 10.7. The van der Waals surface area contributed by atoms with Crippen LogP contribution in [0.5, 0.6) is 0 Å². The van der Waals surface area contributed by atoms with E-state index in [2.05, 4.69) is 21.9 Å². The number of nitrogens with two attached hydrogens (primary N) is 1. The Balaban J connectivity index is 1.95. The van der Waals surface area contributed by atoms with Gasteiger partial charge < -0.3 is 15.4 Å². The van der Waals surface area contributed by atoms with Crippen molar-refractivity contribution in [2.24, 2.45) is 11.7 Å². The minimum Gasteiger partial charge on any atom is -0.381 e. The van der Waals surface area contributed by atoms with Crippen LogP contribution in [0.15, 0.2) is 12.3 Å². The van der Waals surface area contributed by atoms with Crippen molar-refractivity contribution in [1.29, 1.82) is 0 Å². The summed E-state index contributed by atoms with van der Waals surface area (Å²) in [5.74, 6) is 2.35. The van der Waals surface area contributed by atoms with Gasteiger partial charge in [-0.25, -0.2) is 9.97 Å². The summed E-state index contributed by atoms with van der Waals surface area (Å²) >= 11 is 0. The van der Waals surface area contributed by atoms with Crippen LogP contribution in [0.4, 0.5) is 5.82 Å². The minimum atomic E-state index is 0.388. The molecule has 2 N–H and O–H groups in total. The average molecular weight is 236 g/mol. The first kappa shape index (κ1) is 12.3. The van der Waals surface area contributed by atoms with Crippen molar-refractivity contribution in [1.82, 2.24) is 9.97 Å². The van der Waals surface area contributed by atoms with Crippen LogP contribution in [0.3, 0.4) is 0 Å². The van der Waals surface area contributed by atoms with Crippen LogP contribution in [0, 0.1) is 5.92 Å². The highest BCUT2D eigenvalue weighted by atomic mass is 16.5. The number of ether oxygens (including phenoxy) is 1. The van der Waals surface area contributed by atoms with Gasteiger partial charge in [0.15, 0.2) is 0 Å². The SMILES string of the molecule is CN(CC1CCOCC1)c1ccnc(CN)n1. The molecule has 0 unspecified atom stereocenters. The Bertz CT molecular complexity index is 352. The molecular formula is C12H20N4O. The van der Waals surface area contributed by atoms with Gasteiger partial charge in [-0.1, -0.05) is 0 Å². The van der Waals surface area contributed by atoms with Crippen LogP contribution in [0.2, 0.25) is 0 Å². The summed E-state index contributed by atoms with van der Waals surface area (Å²) in [6.45, 7) is 3.18. The van der Waals surface area contributed by atoms with E-state index in [0.29, 0.717) is 18.3 Å². The molecule has 17 heavy (non-hydrogen) atoms. The lowest BCUT2D eigenvalue weighted by atomic mass is 10.00. The molecule has 0 atom stereocenters. The molecule has 5 nitrogen and oxygen atoms in total. The molecule has 0 radical (unpaired) electrons. The Morgan fingerprint density at radius 2 is 2.24 bits per heavy atom. The van der Waals surface area contributed by atoms with Crippen molar-refractivity contribution in [2.45, 2.75) is 19.4 Å². The molecular weight excluding hydrogens is 216 g/mol. The molecule has 1 aliphatic heterocycles. The zero-order chi connectivity index (χ0) is 12.1. The monoisotopic (exact) mass is 236 g/mol. The van der Waals surface area contributed by atoms with E-state index >= 15 is 0 Å². The van der Waals surface area contributed by atoms with Crippen molar-refractivity contribution in [3.05, 3.63) is 18.1 Å². The lowest BCUT2D eigenvalue weighted by molar-refractivity contribution is 0.0685. The van der Waals surface area contributed by atoms with Gasteiger partial charge in [0.05, 0.1) is 6.54 Å². The van der Waals surface area contributed by atoms with E-state index in [-0.39, 0.29) is 0 Å². The van der Waals surface area contributed by atoms with Gasteiger partial charge in [-0.15, -0.1) is 0 Å². The largest absolute Gasteiger partial charge is 0.381 e. The lowest BCUT2D eigenvalue weighted by Gasteiger charge is -2.27. The van der Waals surface area contributed by atoms with Gasteiger partial charge in [-0.3, -0.25) is 0 Å². The van der Waals surface area contributed by atoms with E-state index < -0.39 is 0 Å². The first-order valence-electron chi connectivity index (χ1n) is 6.10. The highest BCUT2D eigenvalue weighted by Crippen LogP contribution is 2.18. The van der Waals surface area contributed by atoms with Crippen LogP contribution >= 0.6 is 0 Å². The summed E-state index contributed by atoms with van der Waals surface area (Å²) in [5.41, 5.74) is 5.54. The number of aromatic nitrogens is 2. The van der Waals surface area contributed by atoms with Crippen molar-refractivity contribution in [3.63, 3.8) is 0 Å². The van der Waals surface area contributed by atoms with E-state index in [1.54, 1.807) is 6.20 Å². The molecule has 1 fully saturated rings. The third-order valence-corrected chi connectivity index (χ3v) is 3.14. The van der Waals surface area contributed by atoms with Crippen molar-refractivity contribution >= 4 is 5.82 Å². The van der Waals surface area contributed by atoms with Crippen molar-refractivity contribution < 1.29 is 4.74 Å². The Hall–Kier alpha value is -1.20. The Morgan fingerprint density at radius 1 is 1.47 bits per heavy atom. The molecule has 1 aliphatic rings. The quantitative estimate of drug-likeness (QED) is 0.837. The Kier molecular flexibility index (Phi) is 4.28. The third kappa shape index (κ3) is 3.38. The zero-order valence-electron chi connectivity index (χ0n) is 10.3. The maximum absolute atomic E-state index is 5.54. The molecule has 0 aromatic carbocycles. The second-order valence-electron chi connectivity index (χ2n) is 4.47. The first-order chi connectivity index (χ1) is 8.29. The molecule has 5 heteroatoms. The fourth-order valence-corrected chi connectivity index (χ4v) is 2.11. The van der Waals surface area contributed by atoms with E-state index in [4.69, 9.17) is 10.5 Å². The number of hydrogen-bond acceptors (Lipinski definition) is 5. The molecule has 1 aromatic rings. The molecule has 0 amide bonds. The summed E-state index contributed by atoms with van der Waals surface area (Å²) in [5, 5.41) is 0. The molecule has 2 rings (SSSR count). The highest BCUT2D eigenvalue weighted by molar-refractivity contribution is 5.36. The Labute approximate surface area is 102 Å². The molecule has 1 saturated heterocycles. The summed E-state index contributed by atoms with van der Waals surface area (Å²) in [6, 6.07) is 1.93. The van der Waals surface area contributed by atoms with Gasteiger partial charge >= 0.3 is 0 Å². The Morgan fingerprint density at radius 3 is 2.94 bits per heavy atom. The minimum absolute atomic E-state index is 0.388. The van der Waals surface area contributed by atoms with E-state index in [1.165, 1.54) is 0 Å². The molecule has 0 aliphatic carbocycles. The van der Waals surface area contributed by atoms with E-state index in [9.17, 15) is 0 Å². The van der Waals surface area contributed by atoms with Gasteiger partial charge in [-0.05, 0) is 24.8 Å². The molecule has 1 aromatic heterocycles. The van der Waals surface area contributed by atoms with Crippen LogP contribution in [-0.2, 0) is 11.3 Å². The highest BCUT2D eigenvalue weighted by Gasteiger charge is 2.16. The average Bonchev–Trinajstić information content (AvgIpc) is 2.40. The third-order valence-electron chi connectivity index (χ3n) is 3.14. The van der Waals surface area contributed by atoms with Crippen LogP contribution < -0.4 is 10.6 Å². The van der Waals surface area contributed by atoms with Crippen LogP contribution in [0.1, 0.15) is 18.7 Å². The summed E-state index contributed by atoms with van der Waals surface area (Å²) < 4.78 is 5.36. The van der Waals surface area contributed by atoms with Crippen LogP contribution in [-0.4, -0.2) is 36.8 Å². The topological polar surface area (TPSA) is 64.3 Å². The standard InChI is InChI=1S/C12H20N4O/c1-16(9-10-3-6-17-7-4-10)12-2-5-14-11(8-13)15-12/h2,5,10H,3-4,6-9,13H2,1H3. The van der Waals surface area contributed by atoms with E-state index in [1.807, 2.05) is 6.07 Å². The van der Waals surface area contributed by atoms with Gasteiger partial charge in [0.25, 0.3) is 0 Å². The molecule has 94 valence electrons. The normalized spacial score (nSPS) is 17.1. The van der Waals surface area contributed by atoms with Gasteiger partial charge in [0.2, 0.25) is 0 Å². The van der Waals surface area contributed by atoms with E-state index in [0.717, 1.165) is 38.4 Å². The van der Waals surface area contributed by atoms with Gasteiger partial charge in [0, 0.05) is 33.0 Å². The number of hydrogen-bond donors (Lipinski definition) is 1. The number of nitrogens with zero attached hydrogens (tertiary/aromatic N) is 3. The second-order valence-corrected chi connectivity index (χ2v) is 4.47. The van der Waals surface area contributed by atoms with Gasteiger partial charge in [0.1, 0.15) is 11.6 Å². The molecule has 0 saturated carbocycles. The summed E-state index contributed by atoms with van der Waals surface area (Å²) in [7, 11) is 2.07. The maximum Gasteiger partial charge on any atom is 0.144 e. The van der Waals surface area contributed by atoms with Gasteiger partial charge in [-0.2, -0.15) is 0 Å². The predicted octanol–water partition coefficient (Wildman–Crippen LogP) is 0.798.